The summed E-state index contributed by atoms with van der Waals surface area (Å²) < 4.78 is 6.17. The van der Waals surface area contributed by atoms with Crippen molar-refractivity contribution in [3.63, 3.8) is 0 Å². The van der Waals surface area contributed by atoms with Crippen LogP contribution in [0.4, 0.5) is 0 Å². The molecule has 1 aromatic carbocycles. The molecule has 110 valence electrons. The highest BCUT2D eigenvalue weighted by atomic mass is 32.2. The van der Waals surface area contributed by atoms with Crippen molar-refractivity contribution in [1.82, 2.24) is 0 Å². The second kappa shape index (κ2) is 4.82. The highest BCUT2D eigenvalue weighted by molar-refractivity contribution is 8.27. The number of aliphatic imine (C=N–C) groups is 1. The van der Waals surface area contributed by atoms with Gasteiger partial charge in [0.25, 0.3) is 0 Å². The van der Waals surface area contributed by atoms with Crippen molar-refractivity contribution in [3.05, 3.63) is 46.6 Å². The van der Waals surface area contributed by atoms with E-state index >= 15 is 0 Å². The first-order valence-electron chi connectivity index (χ1n) is 7.54. The number of thioether (sulfide) groups is 2. The Bertz CT molecular complexity index is 615. The Morgan fingerprint density at radius 2 is 1.81 bits per heavy atom. The zero-order chi connectivity index (χ0) is 14.5. The standard InChI is InChI=1S/C17H19NOS2/c1-16(2)17(19-13-10-6-7-11-14(13)20-17)21-15(18-16)12-8-4-3-5-9-12/h3-5,8-9H,6-7,10-11H2,1-2H3. The first kappa shape index (κ1) is 13.8. The predicted octanol–water partition coefficient (Wildman–Crippen LogP) is 5.16. The highest BCUT2D eigenvalue weighted by Gasteiger charge is 2.58. The summed E-state index contributed by atoms with van der Waals surface area (Å²) in [5.74, 6) is 1.23. The average molecular weight is 317 g/mol. The van der Waals surface area contributed by atoms with Gasteiger partial charge >= 0.3 is 0 Å². The van der Waals surface area contributed by atoms with Gasteiger partial charge in [-0.15, -0.1) is 0 Å². The third-order valence-corrected chi connectivity index (χ3v) is 7.67. The van der Waals surface area contributed by atoms with Crippen LogP contribution in [-0.4, -0.2) is 14.8 Å². The fourth-order valence-electron chi connectivity index (χ4n) is 3.00. The Morgan fingerprint density at radius 1 is 1.05 bits per heavy atom. The number of rotatable bonds is 1. The van der Waals surface area contributed by atoms with Crippen molar-refractivity contribution in [1.29, 1.82) is 0 Å². The van der Waals surface area contributed by atoms with Crippen LogP contribution < -0.4 is 0 Å². The van der Waals surface area contributed by atoms with Crippen LogP contribution in [0.5, 0.6) is 0 Å². The van der Waals surface area contributed by atoms with Crippen LogP contribution in [0.2, 0.25) is 0 Å². The minimum Gasteiger partial charge on any atom is -0.467 e. The molecule has 1 unspecified atom stereocenters. The van der Waals surface area contributed by atoms with E-state index in [2.05, 4.69) is 38.1 Å². The molecule has 0 bridgehead atoms. The lowest BCUT2D eigenvalue weighted by Gasteiger charge is -2.33. The lowest BCUT2D eigenvalue weighted by atomic mass is 10.1. The normalized spacial score (nSPS) is 30.3. The minimum atomic E-state index is -0.298. The third-order valence-electron chi connectivity index (χ3n) is 4.27. The smallest absolute Gasteiger partial charge is 0.235 e. The van der Waals surface area contributed by atoms with Crippen molar-refractivity contribution >= 4 is 28.6 Å². The maximum absolute atomic E-state index is 6.47. The summed E-state index contributed by atoms with van der Waals surface area (Å²) in [5, 5.41) is 1.10. The van der Waals surface area contributed by atoms with Crippen molar-refractivity contribution in [2.24, 2.45) is 4.99 Å². The summed E-state index contributed by atoms with van der Waals surface area (Å²) in [5.41, 5.74) is 0.978. The van der Waals surface area contributed by atoms with E-state index in [0.717, 1.165) is 11.5 Å². The van der Waals surface area contributed by atoms with Crippen LogP contribution in [0.25, 0.3) is 0 Å². The monoisotopic (exact) mass is 317 g/mol. The molecule has 0 fully saturated rings. The summed E-state index contributed by atoms with van der Waals surface area (Å²) in [4.78, 5) is 6.46. The number of hydrogen-bond acceptors (Lipinski definition) is 4. The fraction of sp³-hybridized carbons (Fsp3) is 0.471. The molecule has 2 aliphatic heterocycles. The molecule has 1 aliphatic carbocycles. The zero-order valence-electron chi connectivity index (χ0n) is 12.4. The number of allylic oxidation sites excluding steroid dienone is 2. The van der Waals surface area contributed by atoms with Gasteiger partial charge in [0.05, 0.1) is 0 Å². The molecule has 4 rings (SSSR count). The van der Waals surface area contributed by atoms with Crippen LogP contribution in [0.1, 0.15) is 45.1 Å². The molecule has 0 aromatic heterocycles. The highest BCUT2D eigenvalue weighted by Crippen LogP contribution is 2.63. The van der Waals surface area contributed by atoms with Gasteiger partial charge in [-0.1, -0.05) is 42.1 Å². The molecular formula is C17H19NOS2. The van der Waals surface area contributed by atoms with Crippen LogP contribution >= 0.6 is 23.5 Å². The maximum Gasteiger partial charge on any atom is 0.235 e. The Balaban J connectivity index is 1.65. The van der Waals surface area contributed by atoms with E-state index in [0.29, 0.717) is 0 Å². The topological polar surface area (TPSA) is 21.6 Å². The molecule has 1 atom stereocenters. The number of hydrogen-bond donors (Lipinski definition) is 0. The summed E-state index contributed by atoms with van der Waals surface area (Å²) in [6.45, 7) is 4.39. The van der Waals surface area contributed by atoms with Crippen molar-refractivity contribution in [2.45, 2.75) is 49.3 Å². The molecule has 21 heavy (non-hydrogen) atoms. The first-order chi connectivity index (χ1) is 10.1. The van der Waals surface area contributed by atoms with E-state index in [4.69, 9.17) is 9.73 Å². The molecule has 0 radical (unpaired) electrons. The third kappa shape index (κ3) is 2.15. The van der Waals surface area contributed by atoms with E-state index in [1.54, 1.807) is 11.8 Å². The van der Waals surface area contributed by atoms with E-state index in [9.17, 15) is 0 Å². The molecule has 0 saturated heterocycles. The van der Waals surface area contributed by atoms with Gasteiger partial charge < -0.3 is 4.74 Å². The summed E-state index contributed by atoms with van der Waals surface area (Å²) in [7, 11) is 0. The van der Waals surface area contributed by atoms with Crippen molar-refractivity contribution < 1.29 is 4.74 Å². The zero-order valence-corrected chi connectivity index (χ0v) is 14.0. The largest absolute Gasteiger partial charge is 0.467 e. The van der Waals surface area contributed by atoms with Crippen LogP contribution in [0.15, 0.2) is 46.0 Å². The second-order valence-electron chi connectivity index (χ2n) is 6.26. The molecule has 1 aromatic rings. The number of ether oxygens (including phenoxy) is 1. The van der Waals surface area contributed by atoms with E-state index < -0.39 is 0 Å². The van der Waals surface area contributed by atoms with E-state index in [1.165, 1.54) is 35.5 Å². The van der Waals surface area contributed by atoms with Gasteiger partial charge in [0.1, 0.15) is 16.3 Å². The van der Waals surface area contributed by atoms with Crippen molar-refractivity contribution in [2.75, 3.05) is 0 Å². The molecule has 0 amide bonds. The van der Waals surface area contributed by atoms with E-state index in [1.807, 2.05) is 17.8 Å². The van der Waals surface area contributed by atoms with Gasteiger partial charge in [0, 0.05) is 16.9 Å². The molecule has 3 aliphatic rings. The molecule has 2 heterocycles. The van der Waals surface area contributed by atoms with E-state index in [-0.39, 0.29) is 9.80 Å². The summed E-state index contributed by atoms with van der Waals surface area (Å²) in [6.07, 6.45) is 4.83. The van der Waals surface area contributed by atoms with Crippen molar-refractivity contribution in [3.8, 4) is 0 Å². The summed E-state index contributed by atoms with van der Waals surface area (Å²) >= 11 is 3.71. The van der Waals surface area contributed by atoms with Gasteiger partial charge in [-0.25, -0.2) is 0 Å². The number of nitrogens with zero attached hydrogens (tertiary/aromatic N) is 1. The lowest BCUT2D eigenvalue weighted by Crippen LogP contribution is -2.40. The SMILES string of the molecule is CC1(C)N=C(c2ccccc2)SC12OC1=C(CCCC1)S2. The quantitative estimate of drug-likeness (QED) is 0.714. The molecule has 1 spiro atoms. The van der Waals surface area contributed by atoms with Gasteiger partial charge in [0.2, 0.25) is 4.27 Å². The first-order valence-corrected chi connectivity index (χ1v) is 9.17. The number of benzene rings is 1. The Kier molecular flexibility index (Phi) is 3.16. The average Bonchev–Trinajstić information content (AvgIpc) is 2.98. The van der Waals surface area contributed by atoms with Crippen LogP contribution in [0, 0.1) is 0 Å². The van der Waals surface area contributed by atoms with Gasteiger partial charge in [-0.3, -0.25) is 4.99 Å². The van der Waals surface area contributed by atoms with Crippen LogP contribution in [0.3, 0.4) is 0 Å². The Hall–Kier alpha value is -0.870. The molecule has 4 heteroatoms. The fourth-order valence-corrected chi connectivity index (χ4v) is 6.20. The van der Waals surface area contributed by atoms with Gasteiger partial charge in [-0.05, 0) is 44.9 Å². The van der Waals surface area contributed by atoms with Gasteiger partial charge in [-0.2, -0.15) is 0 Å². The van der Waals surface area contributed by atoms with Crippen LogP contribution in [-0.2, 0) is 4.74 Å². The minimum absolute atomic E-state index is 0.217. The Labute approximate surface area is 134 Å². The van der Waals surface area contributed by atoms with Gasteiger partial charge in [0.15, 0.2) is 0 Å². The second-order valence-corrected chi connectivity index (χ2v) is 8.95. The molecule has 0 saturated carbocycles. The maximum atomic E-state index is 6.47. The Morgan fingerprint density at radius 3 is 2.57 bits per heavy atom. The summed E-state index contributed by atoms with van der Waals surface area (Å²) in [6, 6.07) is 10.5. The lowest BCUT2D eigenvalue weighted by molar-refractivity contribution is 0.107. The molecule has 2 nitrogen and oxygen atoms in total. The molecule has 0 N–H and O–H groups in total. The predicted molar refractivity (Wildman–Crippen MR) is 91.6 cm³/mol. The molecular weight excluding hydrogens is 298 g/mol.